The van der Waals surface area contributed by atoms with Crippen molar-refractivity contribution in [2.24, 2.45) is 5.14 Å². The smallest absolute Gasteiger partial charge is 0.238 e. The lowest BCUT2D eigenvalue weighted by Crippen LogP contribution is -2.16. The van der Waals surface area contributed by atoms with Crippen LogP contribution in [0.2, 0.25) is 5.02 Å². The minimum atomic E-state index is -3.90. The molecule has 170 valence electrons. The molecule has 0 unspecified atom stereocenters. The Balaban J connectivity index is 1.73. The topological polar surface area (TPSA) is 132 Å². The summed E-state index contributed by atoms with van der Waals surface area (Å²) in [6.07, 6.45) is 0.0137. The Morgan fingerprint density at radius 2 is 1.82 bits per heavy atom. The molecule has 0 atom stereocenters. The van der Waals surface area contributed by atoms with Crippen LogP contribution in [0.1, 0.15) is 16.7 Å². The zero-order valence-corrected chi connectivity index (χ0v) is 19.3. The number of nitrogens with two attached hydrogens (primary N) is 1. The molecular weight excluding hydrogens is 466 g/mol. The number of hydrogen-bond donors (Lipinski definition) is 2. The number of carbonyl (C=O) groups is 1. The van der Waals surface area contributed by atoms with E-state index >= 15 is 0 Å². The average Bonchev–Trinajstić information content (AvgIpc) is 2.76. The highest BCUT2D eigenvalue weighted by Gasteiger charge is 2.14. The van der Waals surface area contributed by atoms with E-state index in [-0.39, 0.29) is 27.9 Å². The van der Waals surface area contributed by atoms with Crippen molar-refractivity contribution in [2.45, 2.75) is 18.2 Å². The monoisotopic (exact) mass is 485 g/mol. The van der Waals surface area contributed by atoms with Gasteiger partial charge in [0.05, 0.1) is 40.8 Å². The molecule has 0 aliphatic heterocycles. The number of hydrogen-bond acceptors (Lipinski definition) is 6. The van der Waals surface area contributed by atoms with Gasteiger partial charge in [-0.25, -0.2) is 13.6 Å². The average molecular weight is 486 g/mol. The van der Waals surface area contributed by atoms with Crippen LogP contribution in [0.5, 0.6) is 17.2 Å². The maximum absolute atomic E-state index is 12.5. The number of nitriles is 1. The van der Waals surface area contributed by atoms with Crippen LogP contribution < -0.4 is 19.9 Å². The standard InChI is InChI=1S/C23H20ClN3O5S/c1-14-9-16(13-25)4-7-20(14)32-21-8-3-15(10-22(21)31-2)11-23(28)27-19-6-5-17(12-18(19)24)33(26,29)30/h3-10,12H,11H2,1-2H3,(H,27,28)(H2,26,29,30). The van der Waals surface area contributed by atoms with Crippen LogP contribution in [-0.2, 0) is 21.2 Å². The Morgan fingerprint density at radius 3 is 2.42 bits per heavy atom. The van der Waals surface area contributed by atoms with Gasteiger partial charge in [0.15, 0.2) is 11.5 Å². The molecule has 0 fully saturated rings. The molecule has 10 heteroatoms. The lowest BCUT2D eigenvalue weighted by atomic mass is 10.1. The maximum Gasteiger partial charge on any atom is 0.238 e. The minimum Gasteiger partial charge on any atom is -0.493 e. The number of halogens is 1. The molecule has 0 bridgehead atoms. The van der Waals surface area contributed by atoms with Crippen molar-refractivity contribution in [1.82, 2.24) is 0 Å². The van der Waals surface area contributed by atoms with Gasteiger partial charge in [-0.2, -0.15) is 5.26 Å². The lowest BCUT2D eigenvalue weighted by molar-refractivity contribution is -0.115. The van der Waals surface area contributed by atoms with Crippen LogP contribution in [0.25, 0.3) is 0 Å². The number of ether oxygens (including phenoxy) is 2. The van der Waals surface area contributed by atoms with E-state index in [1.165, 1.54) is 25.3 Å². The second-order valence-electron chi connectivity index (χ2n) is 7.09. The summed E-state index contributed by atoms with van der Waals surface area (Å²) in [6.45, 7) is 1.84. The number of nitrogens with one attached hydrogen (secondary N) is 1. The molecule has 3 aromatic rings. The summed E-state index contributed by atoms with van der Waals surface area (Å²) in [5.74, 6) is 1.10. The van der Waals surface area contributed by atoms with Gasteiger partial charge in [-0.15, -0.1) is 0 Å². The van der Waals surface area contributed by atoms with Crippen molar-refractivity contribution in [1.29, 1.82) is 5.26 Å². The number of rotatable bonds is 7. The van der Waals surface area contributed by atoms with E-state index in [0.717, 1.165) is 5.56 Å². The van der Waals surface area contributed by atoms with Crippen molar-refractivity contribution >= 4 is 33.2 Å². The fourth-order valence-corrected chi connectivity index (χ4v) is 3.84. The molecule has 0 aromatic heterocycles. The first kappa shape index (κ1) is 24.1. The molecule has 0 heterocycles. The summed E-state index contributed by atoms with van der Waals surface area (Å²) in [6, 6.07) is 16.1. The van der Waals surface area contributed by atoms with Gasteiger partial charge in [0.2, 0.25) is 15.9 Å². The highest BCUT2D eigenvalue weighted by molar-refractivity contribution is 7.89. The predicted molar refractivity (Wildman–Crippen MR) is 124 cm³/mol. The maximum atomic E-state index is 12.5. The van der Waals surface area contributed by atoms with Crippen LogP contribution in [0, 0.1) is 18.3 Å². The summed E-state index contributed by atoms with van der Waals surface area (Å²) < 4.78 is 34.2. The highest BCUT2D eigenvalue weighted by atomic mass is 35.5. The van der Waals surface area contributed by atoms with Gasteiger partial charge in [0.1, 0.15) is 5.75 Å². The molecule has 33 heavy (non-hydrogen) atoms. The van der Waals surface area contributed by atoms with Gasteiger partial charge < -0.3 is 14.8 Å². The Labute approximate surface area is 196 Å². The number of carbonyl (C=O) groups excluding carboxylic acids is 1. The zero-order chi connectivity index (χ0) is 24.2. The van der Waals surface area contributed by atoms with Crippen LogP contribution in [0.4, 0.5) is 5.69 Å². The number of sulfonamides is 1. The molecule has 1 amide bonds. The number of nitrogens with zero attached hydrogens (tertiary/aromatic N) is 1. The van der Waals surface area contributed by atoms with Gasteiger partial charge in [-0.3, -0.25) is 4.79 Å². The van der Waals surface area contributed by atoms with Crippen LogP contribution in [0.15, 0.2) is 59.5 Å². The van der Waals surface area contributed by atoms with E-state index in [0.29, 0.717) is 28.4 Å². The Bertz CT molecular complexity index is 1370. The summed E-state index contributed by atoms with van der Waals surface area (Å²) >= 11 is 6.07. The number of primary sulfonamides is 1. The van der Waals surface area contributed by atoms with Gasteiger partial charge in [0, 0.05) is 0 Å². The Hall–Kier alpha value is -3.58. The molecule has 0 aliphatic carbocycles. The summed E-state index contributed by atoms with van der Waals surface area (Å²) in [7, 11) is -2.41. The zero-order valence-electron chi connectivity index (χ0n) is 17.8. The van der Waals surface area contributed by atoms with Crippen LogP contribution >= 0.6 is 11.6 Å². The van der Waals surface area contributed by atoms with Gasteiger partial charge in [-0.05, 0) is 66.6 Å². The highest BCUT2D eigenvalue weighted by Crippen LogP contribution is 2.34. The molecule has 0 saturated heterocycles. The third-order valence-electron chi connectivity index (χ3n) is 4.66. The molecule has 3 rings (SSSR count). The third kappa shape index (κ3) is 6.02. The van der Waals surface area contributed by atoms with E-state index in [1.54, 1.807) is 36.4 Å². The predicted octanol–water partition coefficient (Wildman–Crippen LogP) is 4.15. The Kier molecular flexibility index (Phi) is 7.23. The van der Waals surface area contributed by atoms with E-state index in [4.69, 9.17) is 31.5 Å². The molecular formula is C23H20ClN3O5S. The fraction of sp³-hybridized carbons (Fsp3) is 0.130. The third-order valence-corrected chi connectivity index (χ3v) is 5.88. The van der Waals surface area contributed by atoms with Crippen molar-refractivity contribution in [3.05, 3.63) is 76.3 Å². The molecule has 0 radical (unpaired) electrons. The first-order valence-electron chi connectivity index (χ1n) is 9.58. The normalized spacial score (nSPS) is 10.9. The van der Waals surface area contributed by atoms with Gasteiger partial charge in [0.25, 0.3) is 0 Å². The second-order valence-corrected chi connectivity index (χ2v) is 9.06. The Morgan fingerprint density at radius 1 is 1.09 bits per heavy atom. The first-order valence-corrected chi connectivity index (χ1v) is 11.5. The van der Waals surface area contributed by atoms with Crippen LogP contribution in [-0.4, -0.2) is 21.4 Å². The fourth-order valence-electron chi connectivity index (χ4n) is 3.01. The molecule has 3 N–H and O–H groups in total. The second kappa shape index (κ2) is 9.92. The summed E-state index contributed by atoms with van der Waals surface area (Å²) in [5.41, 5.74) is 2.25. The largest absolute Gasteiger partial charge is 0.493 e. The van der Waals surface area contributed by atoms with E-state index in [1.807, 2.05) is 6.92 Å². The number of aryl methyl sites for hydroxylation is 1. The lowest BCUT2D eigenvalue weighted by Gasteiger charge is -2.14. The van der Waals surface area contributed by atoms with Gasteiger partial charge >= 0.3 is 0 Å². The number of amides is 1. The number of anilines is 1. The van der Waals surface area contributed by atoms with E-state index < -0.39 is 10.0 Å². The first-order chi connectivity index (χ1) is 15.6. The molecule has 0 saturated carbocycles. The van der Waals surface area contributed by atoms with Crippen LogP contribution in [0.3, 0.4) is 0 Å². The van der Waals surface area contributed by atoms with Crippen molar-refractivity contribution in [2.75, 3.05) is 12.4 Å². The molecule has 3 aromatic carbocycles. The summed E-state index contributed by atoms with van der Waals surface area (Å²) in [4.78, 5) is 12.3. The molecule has 0 aliphatic rings. The van der Waals surface area contributed by atoms with Gasteiger partial charge in [-0.1, -0.05) is 17.7 Å². The number of benzene rings is 3. The van der Waals surface area contributed by atoms with Crippen molar-refractivity contribution < 1.29 is 22.7 Å². The van der Waals surface area contributed by atoms with E-state index in [2.05, 4.69) is 11.4 Å². The molecule has 8 nitrogen and oxygen atoms in total. The van der Waals surface area contributed by atoms with Crippen molar-refractivity contribution in [3.63, 3.8) is 0 Å². The SMILES string of the molecule is COc1cc(CC(=O)Nc2ccc(S(N)(=O)=O)cc2Cl)ccc1Oc1ccc(C#N)cc1C. The summed E-state index contributed by atoms with van der Waals surface area (Å²) in [5, 5.41) is 16.8. The quantitative estimate of drug-likeness (QED) is 0.516. The molecule has 0 spiro atoms. The number of methoxy groups -OCH3 is 1. The minimum absolute atomic E-state index is 0.0137. The van der Waals surface area contributed by atoms with E-state index in [9.17, 15) is 13.2 Å². The van der Waals surface area contributed by atoms with Crippen molar-refractivity contribution in [3.8, 4) is 23.3 Å².